The average Bonchev–Trinajstić information content (AvgIpc) is 2.41. The van der Waals surface area contributed by atoms with Crippen molar-refractivity contribution in [1.82, 2.24) is 4.90 Å². The van der Waals surface area contributed by atoms with Gasteiger partial charge in [0, 0.05) is 7.05 Å². The second-order valence-corrected chi connectivity index (χ2v) is 4.75. The third-order valence-corrected chi connectivity index (χ3v) is 3.49. The fourth-order valence-corrected chi connectivity index (χ4v) is 2.40. The Kier molecular flexibility index (Phi) is 3.94. The van der Waals surface area contributed by atoms with Crippen molar-refractivity contribution >= 4 is 11.9 Å². The highest BCUT2D eigenvalue weighted by atomic mass is 16.5. The van der Waals surface area contributed by atoms with Crippen LogP contribution in [0.3, 0.4) is 0 Å². The molecular formula is C14H17NO5. The van der Waals surface area contributed by atoms with E-state index in [0.29, 0.717) is 11.3 Å². The van der Waals surface area contributed by atoms with Crippen LogP contribution < -0.4 is 4.74 Å². The number of carboxylic acid groups (broad SMARTS) is 1. The fourth-order valence-electron chi connectivity index (χ4n) is 2.40. The molecule has 1 aliphatic rings. The molecule has 1 aromatic rings. The lowest BCUT2D eigenvalue weighted by Crippen LogP contribution is -2.50. The van der Waals surface area contributed by atoms with Gasteiger partial charge in [-0.2, -0.15) is 0 Å². The number of carboxylic acids is 1. The highest BCUT2D eigenvalue weighted by molar-refractivity contribution is 5.82. The van der Waals surface area contributed by atoms with Gasteiger partial charge in [0.2, 0.25) is 5.91 Å². The summed E-state index contributed by atoms with van der Waals surface area (Å²) in [6, 6.07) is 4.69. The maximum Gasteiger partial charge on any atom is 0.335 e. The van der Waals surface area contributed by atoms with Gasteiger partial charge < -0.3 is 19.5 Å². The lowest BCUT2D eigenvalue weighted by atomic mass is 9.96. The lowest BCUT2D eigenvalue weighted by Gasteiger charge is -2.37. The average molecular weight is 279 g/mol. The van der Waals surface area contributed by atoms with Crippen LogP contribution in [0.1, 0.15) is 17.2 Å². The minimum atomic E-state index is -1.08. The van der Waals surface area contributed by atoms with Crippen molar-refractivity contribution in [2.24, 2.45) is 0 Å². The zero-order valence-electron chi connectivity index (χ0n) is 11.6. The normalized spacial score (nSPS) is 22.8. The Morgan fingerprint density at radius 1 is 1.50 bits per heavy atom. The molecule has 1 aliphatic heterocycles. The number of ether oxygens (including phenoxy) is 2. The molecule has 1 saturated heterocycles. The number of likely N-dealkylation sites (N-methyl/N-ethyl adjacent to an activating group) is 1. The zero-order chi connectivity index (χ0) is 14.9. The smallest absolute Gasteiger partial charge is 0.335 e. The molecule has 0 saturated carbocycles. The van der Waals surface area contributed by atoms with Crippen LogP contribution in [0.25, 0.3) is 0 Å². The van der Waals surface area contributed by atoms with E-state index in [1.165, 1.54) is 4.90 Å². The van der Waals surface area contributed by atoms with E-state index in [1.807, 2.05) is 13.0 Å². The highest BCUT2D eigenvalue weighted by Gasteiger charge is 2.40. The monoisotopic (exact) mass is 279 g/mol. The fraction of sp³-hybridized carbons (Fsp3) is 0.429. The highest BCUT2D eigenvalue weighted by Crippen LogP contribution is 2.31. The van der Waals surface area contributed by atoms with E-state index in [4.69, 9.17) is 9.47 Å². The van der Waals surface area contributed by atoms with Crippen LogP contribution in [0, 0.1) is 6.92 Å². The Bertz CT molecular complexity index is 542. The van der Waals surface area contributed by atoms with Crippen molar-refractivity contribution < 1.29 is 24.2 Å². The van der Waals surface area contributed by atoms with Crippen LogP contribution in [0.5, 0.6) is 5.75 Å². The van der Waals surface area contributed by atoms with Gasteiger partial charge >= 0.3 is 5.97 Å². The Morgan fingerprint density at radius 2 is 2.20 bits per heavy atom. The standard InChI is InChI=1S/C14H17NO5/c1-8-6-9(4-5-10(8)19-3)12-13(14(17)18)20-7-11(16)15(12)2/h4-6,12-13H,7H2,1-3H3,(H,17,18). The first-order chi connectivity index (χ1) is 9.45. The number of aliphatic carboxylic acids is 1. The quantitative estimate of drug-likeness (QED) is 0.892. The number of amides is 1. The summed E-state index contributed by atoms with van der Waals surface area (Å²) < 4.78 is 10.3. The third kappa shape index (κ3) is 2.46. The second-order valence-electron chi connectivity index (χ2n) is 4.75. The number of morpholine rings is 1. The molecule has 6 heteroatoms. The first kappa shape index (κ1) is 14.3. The van der Waals surface area contributed by atoms with Gasteiger partial charge in [0.25, 0.3) is 0 Å². The largest absolute Gasteiger partial charge is 0.496 e. The topological polar surface area (TPSA) is 76.1 Å². The van der Waals surface area contributed by atoms with Crippen molar-refractivity contribution in [3.63, 3.8) is 0 Å². The van der Waals surface area contributed by atoms with Gasteiger partial charge in [-0.15, -0.1) is 0 Å². The first-order valence-electron chi connectivity index (χ1n) is 6.20. The Morgan fingerprint density at radius 3 is 2.75 bits per heavy atom. The molecule has 108 valence electrons. The predicted octanol–water partition coefficient (Wildman–Crippen LogP) is 0.987. The molecule has 0 aliphatic carbocycles. The summed E-state index contributed by atoms with van der Waals surface area (Å²) in [4.78, 5) is 24.5. The van der Waals surface area contributed by atoms with E-state index >= 15 is 0 Å². The molecule has 0 radical (unpaired) electrons. The minimum absolute atomic E-state index is 0.209. The molecule has 2 rings (SSSR count). The molecule has 1 N–H and O–H groups in total. The van der Waals surface area contributed by atoms with E-state index < -0.39 is 18.1 Å². The van der Waals surface area contributed by atoms with Gasteiger partial charge in [-0.05, 0) is 24.1 Å². The molecular weight excluding hydrogens is 262 g/mol. The second kappa shape index (κ2) is 5.50. The summed E-state index contributed by atoms with van der Waals surface area (Å²) in [5.41, 5.74) is 1.59. The van der Waals surface area contributed by atoms with Gasteiger partial charge in [-0.1, -0.05) is 12.1 Å². The van der Waals surface area contributed by atoms with Crippen molar-refractivity contribution in [2.45, 2.75) is 19.1 Å². The number of rotatable bonds is 3. The number of hydrogen-bond acceptors (Lipinski definition) is 4. The number of carbonyl (C=O) groups excluding carboxylic acids is 1. The Hall–Kier alpha value is -2.08. The van der Waals surface area contributed by atoms with Gasteiger partial charge in [0.05, 0.1) is 13.2 Å². The summed E-state index contributed by atoms with van der Waals surface area (Å²) in [6.45, 7) is 1.66. The number of nitrogens with zero attached hydrogens (tertiary/aromatic N) is 1. The summed E-state index contributed by atoms with van der Waals surface area (Å²) in [5, 5.41) is 9.26. The number of carbonyl (C=O) groups is 2. The van der Waals surface area contributed by atoms with E-state index in [9.17, 15) is 14.7 Å². The summed E-state index contributed by atoms with van der Waals surface area (Å²) in [5.74, 6) is -0.602. The van der Waals surface area contributed by atoms with Crippen LogP contribution in [-0.2, 0) is 14.3 Å². The molecule has 2 atom stereocenters. The molecule has 1 amide bonds. The molecule has 2 unspecified atom stereocenters. The number of methoxy groups -OCH3 is 1. The summed E-state index contributed by atoms with van der Waals surface area (Å²) >= 11 is 0. The van der Waals surface area contributed by atoms with E-state index in [0.717, 1.165) is 5.56 Å². The SMILES string of the molecule is COc1ccc(C2C(C(=O)O)OCC(=O)N2C)cc1C. The predicted molar refractivity (Wildman–Crippen MR) is 70.6 cm³/mol. The lowest BCUT2D eigenvalue weighted by molar-refractivity contribution is -0.171. The molecule has 6 nitrogen and oxygen atoms in total. The van der Waals surface area contributed by atoms with Crippen LogP contribution >= 0.6 is 0 Å². The Labute approximate surface area is 116 Å². The molecule has 20 heavy (non-hydrogen) atoms. The molecule has 1 aromatic carbocycles. The van der Waals surface area contributed by atoms with Gasteiger partial charge in [0.1, 0.15) is 12.4 Å². The summed E-state index contributed by atoms with van der Waals surface area (Å²) in [7, 11) is 3.16. The van der Waals surface area contributed by atoms with Crippen LogP contribution in [-0.4, -0.2) is 48.8 Å². The molecule has 0 bridgehead atoms. The Balaban J connectivity index is 2.42. The van der Waals surface area contributed by atoms with Crippen LogP contribution in [0.4, 0.5) is 0 Å². The third-order valence-electron chi connectivity index (χ3n) is 3.49. The molecule has 0 spiro atoms. The molecule has 1 fully saturated rings. The van der Waals surface area contributed by atoms with Crippen molar-refractivity contribution in [1.29, 1.82) is 0 Å². The van der Waals surface area contributed by atoms with Gasteiger partial charge in [-0.25, -0.2) is 4.79 Å². The van der Waals surface area contributed by atoms with Crippen LogP contribution in [0.15, 0.2) is 18.2 Å². The van der Waals surface area contributed by atoms with Crippen LogP contribution in [0.2, 0.25) is 0 Å². The number of benzene rings is 1. The van der Waals surface area contributed by atoms with Crippen molar-refractivity contribution in [3.05, 3.63) is 29.3 Å². The van der Waals surface area contributed by atoms with E-state index in [1.54, 1.807) is 26.3 Å². The minimum Gasteiger partial charge on any atom is -0.496 e. The van der Waals surface area contributed by atoms with Crippen molar-refractivity contribution in [2.75, 3.05) is 20.8 Å². The summed E-state index contributed by atoms with van der Waals surface area (Å²) in [6.07, 6.45) is -1.06. The van der Waals surface area contributed by atoms with E-state index in [-0.39, 0.29) is 12.5 Å². The van der Waals surface area contributed by atoms with Gasteiger partial charge in [-0.3, -0.25) is 4.79 Å². The maximum atomic E-state index is 11.7. The van der Waals surface area contributed by atoms with E-state index in [2.05, 4.69) is 0 Å². The van der Waals surface area contributed by atoms with Crippen molar-refractivity contribution in [3.8, 4) is 5.75 Å². The maximum absolute atomic E-state index is 11.7. The molecule has 0 aromatic heterocycles. The zero-order valence-corrected chi connectivity index (χ0v) is 11.6. The molecule has 1 heterocycles. The number of aryl methyl sites for hydroxylation is 1. The van der Waals surface area contributed by atoms with Gasteiger partial charge in [0.15, 0.2) is 6.10 Å². The first-order valence-corrected chi connectivity index (χ1v) is 6.20. The number of hydrogen-bond donors (Lipinski definition) is 1.